The van der Waals surface area contributed by atoms with Gasteiger partial charge in [-0.1, -0.05) is 0 Å². The third-order valence-electron chi connectivity index (χ3n) is 4.52. The molecule has 0 aliphatic carbocycles. The molecule has 0 N–H and O–H groups in total. The minimum atomic E-state index is -1.65. The first-order valence-electron chi connectivity index (χ1n) is 8.70. The second-order valence-corrected chi connectivity index (χ2v) is 29.9. The van der Waals surface area contributed by atoms with Gasteiger partial charge in [0, 0.05) is 0 Å². The van der Waals surface area contributed by atoms with Crippen molar-refractivity contribution in [3.05, 3.63) is 23.3 Å². The predicted molar refractivity (Wildman–Crippen MR) is 108 cm³/mol. The van der Waals surface area contributed by atoms with Gasteiger partial charge in [0.25, 0.3) is 0 Å². The zero-order chi connectivity index (χ0) is 17.6. The van der Waals surface area contributed by atoms with E-state index in [1.807, 2.05) is 0 Å². The Labute approximate surface area is 145 Å². The van der Waals surface area contributed by atoms with Crippen LogP contribution in [0.5, 0.6) is 0 Å². The minimum absolute atomic E-state index is 0.299. The van der Waals surface area contributed by atoms with E-state index in [2.05, 4.69) is 74.7 Å². The molecule has 0 radical (unpaired) electrons. The molecule has 0 amide bonds. The molecule has 0 spiro atoms. The van der Waals surface area contributed by atoms with Crippen molar-refractivity contribution in [3.8, 4) is 0 Å². The third-order valence-corrected chi connectivity index (χ3v) is 13.6. The summed E-state index contributed by atoms with van der Waals surface area (Å²) in [6.07, 6.45) is 7.08. The fourth-order valence-corrected chi connectivity index (χ4v) is 8.29. The number of allylic oxidation sites excluding steroid dienone is 3. The summed E-state index contributed by atoms with van der Waals surface area (Å²) in [5, 5.41) is 0.299. The summed E-state index contributed by atoms with van der Waals surface area (Å²) in [5.74, 6) is 0. The first kappa shape index (κ1) is 22.5. The van der Waals surface area contributed by atoms with Crippen LogP contribution in [0, 0.1) is 0 Å². The average Bonchev–Trinajstić information content (AvgIpc) is 2.24. The molecular weight excluding hydrogens is 391 g/mol. The van der Waals surface area contributed by atoms with Gasteiger partial charge in [0.2, 0.25) is 0 Å². The van der Waals surface area contributed by atoms with Gasteiger partial charge in [-0.05, 0) is 0 Å². The third kappa shape index (κ3) is 10.3. The van der Waals surface area contributed by atoms with Crippen LogP contribution >= 0.6 is 0 Å². The molecule has 0 unspecified atom stereocenters. The molecule has 0 bridgehead atoms. The number of hydrogen-bond acceptors (Lipinski definition) is 1. The van der Waals surface area contributed by atoms with Crippen LogP contribution in [-0.2, 0) is 4.43 Å². The van der Waals surface area contributed by atoms with Crippen molar-refractivity contribution < 1.29 is 4.43 Å². The van der Waals surface area contributed by atoms with E-state index in [4.69, 9.17) is 4.43 Å². The van der Waals surface area contributed by atoms with Crippen LogP contribution in [0.4, 0.5) is 0 Å². The second-order valence-electron chi connectivity index (χ2n) is 9.45. The maximum absolute atomic E-state index is 6.21. The molecule has 1 nitrogen and oxygen atoms in total. The van der Waals surface area contributed by atoms with Gasteiger partial charge in [0.1, 0.15) is 0 Å². The Morgan fingerprint density at radius 3 is 2.00 bits per heavy atom. The van der Waals surface area contributed by atoms with E-state index in [-0.39, 0.29) is 0 Å². The van der Waals surface area contributed by atoms with E-state index in [1.165, 1.54) is 16.4 Å². The van der Waals surface area contributed by atoms with Crippen LogP contribution in [-0.4, -0.2) is 33.3 Å². The SMILES string of the molecule is C/C(=C\CO[Si](C)(C)C(C)(C)C)CC/C=C(\C)[CH2][Sn]([CH3])([CH3])[CH3]. The normalized spacial score (nSPS) is 15.4. The van der Waals surface area contributed by atoms with Crippen LogP contribution in [0.1, 0.15) is 47.5 Å². The molecule has 0 fully saturated rings. The molecule has 0 aromatic heterocycles. The van der Waals surface area contributed by atoms with Gasteiger partial charge in [-0.25, -0.2) is 0 Å². The molecule has 22 heavy (non-hydrogen) atoms. The maximum atomic E-state index is 6.21. The van der Waals surface area contributed by atoms with E-state index in [0.717, 1.165) is 13.0 Å². The molecule has 0 atom stereocenters. The van der Waals surface area contributed by atoms with Crippen molar-refractivity contribution in [2.75, 3.05) is 6.61 Å². The first-order valence-corrected chi connectivity index (χ1v) is 22.2. The molecule has 0 aliphatic heterocycles. The van der Waals surface area contributed by atoms with Crippen molar-refractivity contribution in [2.24, 2.45) is 0 Å². The van der Waals surface area contributed by atoms with Crippen LogP contribution in [0.2, 0.25) is 37.4 Å². The van der Waals surface area contributed by atoms with Gasteiger partial charge in [0.05, 0.1) is 0 Å². The predicted octanol–water partition coefficient (Wildman–Crippen LogP) is 7.02. The molecule has 0 aromatic rings. The van der Waals surface area contributed by atoms with E-state index in [9.17, 15) is 0 Å². The molecule has 130 valence electrons. The zero-order valence-corrected chi connectivity index (χ0v) is 20.7. The summed E-state index contributed by atoms with van der Waals surface area (Å²) in [6.45, 7) is 16.9. The fourth-order valence-electron chi connectivity index (χ4n) is 2.17. The Morgan fingerprint density at radius 1 is 1.00 bits per heavy atom. The Balaban J connectivity index is 4.24. The monoisotopic (exact) mass is 432 g/mol. The first-order chi connectivity index (χ1) is 9.74. The summed E-state index contributed by atoms with van der Waals surface area (Å²) in [6, 6.07) is 0. The zero-order valence-electron chi connectivity index (χ0n) is 16.9. The van der Waals surface area contributed by atoms with Crippen LogP contribution in [0.15, 0.2) is 23.3 Å². The summed E-state index contributed by atoms with van der Waals surface area (Å²) in [4.78, 5) is 7.53. The van der Waals surface area contributed by atoms with Crippen LogP contribution in [0.3, 0.4) is 0 Å². The van der Waals surface area contributed by atoms with E-state index in [1.54, 1.807) is 5.57 Å². The van der Waals surface area contributed by atoms with E-state index < -0.39 is 26.7 Å². The molecule has 0 rings (SSSR count). The fraction of sp³-hybridized carbons (Fsp3) is 0.789. The van der Waals surface area contributed by atoms with E-state index in [0.29, 0.717) is 5.04 Å². The Hall–Kier alpha value is 0.456. The summed E-state index contributed by atoms with van der Waals surface area (Å²) < 4.78 is 7.61. The van der Waals surface area contributed by atoms with Crippen molar-refractivity contribution >= 4 is 26.7 Å². The topological polar surface area (TPSA) is 9.23 Å². The van der Waals surface area contributed by atoms with Crippen molar-refractivity contribution in [2.45, 2.75) is 84.8 Å². The van der Waals surface area contributed by atoms with Gasteiger partial charge >= 0.3 is 146 Å². The molecular formula is C19H40OSiSn. The summed E-state index contributed by atoms with van der Waals surface area (Å²) in [5.41, 5.74) is 3.07. The molecule has 0 aromatic carbocycles. The van der Waals surface area contributed by atoms with Crippen LogP contribution < -0.4 is 0 Å². The van der Waals surface area contributed by atoms with E-state index >= 15 is 0 Å². The van der Waals surface area contributed by atoms with Gasteiger partial charge in [-0.15, -0.1) is 0 Å². The summed E-state index contributed by atoms with van der Waals surface area (Å²) in [7, 11) is -1.60. The van der Waals surface area contributed by atoms with Gasteiger partial charge < -0.3 is 0 Å². The number of hydrogen-bond donors (Lipinski definition) is 0. The average molecular weight is 431 g/mol. The molecule has 0 saturated carbocycles. The standard InChI is InChI=1S/C16H31OSi.3CH3.Sn/c1-14(2)10-9-11-15(3)12-13-17-18(7,8)16(4,5)6;;;;/h10,12H,1,9,11,13H2,2-8H3;3*1H3;/b14-10-,15-12+;;;;. The molecule has 3 heteroatoms. The molecule has 0 saturated heterocycles. The molecule has 0 aliphatic rings. The van der Waals surface area contributed by atoms with Crippen molar-refractivity contribution in [1.82, 2.24) is 0 Å². The molecule has 0 heterocycles. The van der Waals surface area contributed by atoms with Crippen molar-refractivity contribution in [1.29, 1.82) is 0 Å². The van der Waals surface area contributed by atoms with Crippen LogP contribution in [0.25, 0.3) is 0 Å². The quantitative estimate of drug-likeness (QED) is 0.297. The number of rotatable bonds is 8. The van der Waals surface area contributed by atoms with Crippen molar-refractivity contribution in [3.63, 3.8) is 0 Å². The summed E-state index contributed by atoms with van der Waals surface area (Å²) >= 11 is -1.65. The van der Waals surface area contributed by atoms with Gasteiger partial charge in [-0.2, -0.15) is 0 Å². The Kier molecular flexibility index (Phi) is 9.26. The Morgan fingerprint density at radius 2 is 1.55 bits per heavy atom. The second kappa shape index (κ2) is 9.07. The van der Waals surface area contributed by atoms with Gasteiger partial charge in [-0.3, -0.25) is 0 Å². The Bertz CT molecular complexity index is 395. The van der Waals surface area contributed by atoms with Gasteiger partial charge in [0.15, 0.2) is 0 Å².